The van der Waals surface area contributed by atoms with Crippen molar-refractivity contribution in [1.29, 1.82) is 0 Å². The summed E-state index contributed by atoms with van der Waals surface area (Å²) in [5, 5.41) is 12.0. The number of carbonyl (C=O) groups is 1. The summed E-state index contributed by atoms with van der Waals surface area (Å²) >= 11 is 0. The first kappa shape index (κ1) is 13.4. The monoisotopic (exact) mass is 201 g/mol. The number of carbonyl (C=O) groups excluding carboxylic acids is 1. The summed E-state index contributed by atoms with van der Waals surface area (Å²) in [6, 6.07) is 0.0572. The second kappa shape index (κ2) is 6.82. The third kappa shape index (κ3) is 5.97. The molecule has 0 saturated heterocycles. The number of aliphatic hydroxyl groups is 1. The van der Waals surface area contributed by atoms with Gasteiger partial charge in [0.1, 0.15) is 0 Å². The Hall–Kier alpha value is -0.570. The molecule has 0 aliphatic heterocycles. The van der Waals surface area contributed by atoms with Crippen molar-refractivity contribution < 1.29 is 9.90 Å². The van der Waals surface area contributed by atoms with E-state index < -0.39 is 0 Å². The van der Waals surface area contributed by atoms with Crippen LogP contribution in [0.15, 0.2) is 0 Å². The SMILES string of the molecule is CCCC(C)C(=O)NC(C)CC(C)O. The molecule has 0 heterocycles. The minimum absolute atomic E-state index is 0.0572. The van der Waals surface area contributed by atoms with Gasteiger partial charge in [0.05, 0.1) is 6.10 Å². The quantitative estimate of drug-likeness (QED) is 0.687. The predicted octanol–water partition coefficient (Wildman–Crippen LogP) is 1.70. The Labute approximate surface area is 86.9 Å². The highest BCUT2D eigenvalue weighted by Crippen LogP contribution is 2.06. The van der Waals surface area contributed by atoms with Crippen molar-refractivity contribution in [2.24, 2.45) is 5.92 Å². The van der Waals surface area contributed by atoms with Crippen LogP contribution in [-0.2, 0) is 4.79 Å². The third-order valence-corrected chi connectivity index (χ3v) is 2.25. The Bertz CT molecular complexity index is 169. The molecule has 3 unspecified atom stereocenters. The van der Waals surface area contributed by atoms with Gasteiger partial charge in [-0.1, -0.05) is 20.3 Å². The fourth-order valence-corrected chi connectivity index (χ4v) is 1.52. The first-order chi connectivity index (χ1) is 6.47. The lowest BCUT2D eigenvalue weighted by Crippen LogP contribution is -2.37. The van der Waals surface area contributed by atoms with Crippen LogP contribution in [0.2, 0.25) is 0 Å². The molecule has 0 saturated carbocycles. The summed E-state index contributed by atoms with van der Waals surface area (Å²) in [6.07, 6.45) is 2.21. The molecule has 0 rings (SSSR count). The average molecular weight is 201 g/mol. The van der Waals surface area contributed by atoms with E-state index >= 15 is 0 Å². The predicted molar refractivity (Wildman–Crippen MR) is 58.0 cm³/mol. The van der Waals surface area contributed by atoms with Crippen LogP contribution in [0.25, 0.3) is 0 Å². The van der Waals surface area contributed by atoms with E-state index in [1.807, 2.05) is 13.8 Å². The summed E-state index contributed by atoms with van der Waals surface area (Å²) < 4.78 is 0. The molecule has 0 aliphatic carbocycles. The highest BCUT2D eigenvalue weighted by atomic mass is 16.3. The van der Waals surface area contributed by atoms with Crippen LogP contribution in [0.1, 0.15) is 47.0 Å². The molecule has 14 heavy (non-hydrogen) atoms. The fourth-order valence-electron chi connectivity index (χ4n) is 1.52. The van der Waals surface area contributed by atoms with Gasteiger partial charge in [0.2, 0.25) is 5.91 Å². The number of amides is 1. The molecule has 0 spiro atoms. The summed E-state index contributed by atoms with van der Waals surface area (Å²) in [5.74, 6) is 0.177. The van der Waals surface area contributed by atoms with Gasteiger partial charge in [-0.2, -0.15) is 0 Å². The Balaban J connectivity index is 3.80. The number of nitrogens with one attached hydrogen (secondary N) is 1. The second-order valence-corrected chi connectivity index (χ2v) is 4.18. The Morgan fingerprint density at radius 2 is 1.93 bits per heavy atom. The lowest BCUT2D eigenvalue weighted by molar-refractivity contribution is -0.125. The molecule has 0 bridgehead atoms. The minimum atomic E-state index is -0.355. The maximum absolute atomic E-state index is 11.5. The Kier molecular flexibility index (Phi) is 6.54. The van der Waals surface area contributed by atoms with Crippen molar-refractivity contribution in [3.63, 3.8) is 0 Å². The molecule has 0 aromatic rings. The molecule has 3 nitrogen and oxygen atoms in total. The third-order valence-electron chi connectivity index (χ3n) is 2.25. The molecule has 0 radical (unpaired) electrons. The average Bonchev–Trinajstić information content (AvgIpc) is 2.02. The van der Waals surface area contributed by atoms with Gasteiger partial charge in [-0.05, 0) is 26.7 Å². The van der Waals surface area contributed by atoms with E-state index in [0.29, 0.717) is 6.42 Å². The van der Waals surface area contributed by atoms with Crippen LogP contribution in [0, 0.1) is 5.92 Å². The zero-order chi connectivity index (χ0) is 11.1. The Morgan fingerprint density at radius 3 is 2.36 bits per heavy atom. The standard InChI is InChI=1S/C11H23NO2/c1-5-6-8(2)11(14)12-9(3)7-10(4)13/h8-10,13H,5-7H2,1-4H3,(H,12,14). The van der Waals surface area contributed by atoms with Crippen molar-refractivity contribution >= 4 is 5.91 Å². The molecule has 0 aromatic heterocycles. The van der Waals surface area contributed by atoms with E-state index in [4.69, 9.17) is 5.11 Å². The summed E-state index contributed by atoms with van der Waals surface area (Å²) in [6.45, 7) is 7.67. The van der Waals surface area contributed by atoms with E-state index in [1.54, 1.807) is 6.92 Å². The summed E-state index contributed by atoms with van der Waals surface area (Å²) in [4.78, 5) is 11.5. The van der Waals surface area contributed by atoms with Gasteiger partial charge in [0.15, 0.2) is 0 Å². The molecule has 3 heteroatoms. The highest BCUT2D eigenvalue weighted by molar-refractivity contribution is 5.78. The summed E-state index contributed by atoms with van der Waals surface area (Å²) in [5.41, 5.74) is 0. The van der Waals surface area contributed by atoms with E-state index in [-0.39, 0.29) is 24.0 Å². The molecule has 0 aromatic carbocycles. The maximum atomic E-state index is 11.5. The highest BCUT2D eigenvalue weighted by Gasteiger charge is 2.14. The fraction of sp³-hybridized carbons (Fsp3) is 0.909. The zero-order valence-corrected chi connectivity index (χ0v) is 9.71. The van der Waals surface area contributed by atoms with Crippen LogP contribution in [0.3, 0.4) is 0 Å². The van der Waals surface area contributed by atoms with Gasteiger partial charge in [-0.15, -0.1) is 0 Å². The van der Waals surface area contributed by atoms with Gasteiger partial charge in [-0.25, -0.2) is 0 Å². The normalized spacial score (nSPS) is 17.2. The molecule has 2 N–H and O–H groups in total. The number of aliphatic hydroxyl groups excluding tert-OH is 1. The number of hydrogen-bond donors (Lipinski definition) is 2. The van der Waals surface area contributed by atoms with Gasteiger partial charge < -0.3 is 10.4 Å². The maximum Gasteiger partial charge on any atom is 0.223 e. The van der Waals surface area contributed by atoms with Crippen molar-refractivity contribution in [1.82, 2.24) is 5.32 Å². The molecule has 84 valence electrons. The van der Waals surface area contributed by atoms with E-state index in [0.717, 1.165) is 12.8 Å². The molecular weight excluding hydrogens is 178 g/mol. The first-order valence-electron chi connectivity index (χ1n) is 5.45. The van der Waals surface area contributed by atoms with Crippen LogP contribution >= 0.6 is 0 Å². The van der Waals surface area contributed by atoms with Gasteiger partial charge in [0.25, 0.3) is 0 Å². The summed E-state index contributed by atoms with van der Waals surface area (Å²) in [7, 11) is 0. The van der Waals surface area contributed by atoms with Crippen LogP contribution < -0.4 is 5.32 Å². The van der Waals surface area contributed by atoms with Crippen molar-refractivity contribution in [2.45, 2.75) is 59.1 Å². The van der Waals surface area contributed by atoms with Crippen LogP contribution in [0.5, 0.6) is 0 Å². The topological polar surface area (TPSA) is 49.3 Å². The van der Waals surface area contributed by atoms with Crippen LogP contribution in [0.4, 0.5) is 0 Å². The molecule has 1 amide bonds. The molecular formula is C11H23NO2. The van der Waals surface area contributed by atoms with E-state index in [9.17, 15) is 4.79 Å². The van der Waals surface area contributed by atoms with Crippen LogP contribution in [-0.4, -0.2) is 23.2 Å². The lowest BCUT2D eigenvalue weighted by Gasteiger charge is -2.18. The zero-order valence-electron chi connectivity index (χ0n) is 9.71. The van der Waals surface area contributed by atoms with Crippen molar-refractivity contribution in [3.8, 4) is 0 Å². The van der Waals surface area contributed by atoms with Crippen molar-refractivity contribution in [2.75, 3.05) is 0 Å². The second-order valence-electron chi connectivity index (χ2n) is 4.18. The molecule has 0 fully saturated rings. The number of rotatable bonds is 6. The minimum Gasteiger partial charge on any atom is -0.393 e. The van der Waals surface area contributed by atoms with E-state index in [2.05, 4.69) is 12.2 Å². The van der Waals surface area contributed by atoms with Gasteiger partial charge in [0, 0.05) is 12.0 Å². The molecule has 3 atom stereocenters. The lowest BCUT2D eigenvalue weighted by atomic mass is 10.0. The van der Waals surface area contributed by atoms with E-state index in [1.165, 1.54) is 0 Å². The molecule has 0 aliphatic rings. The van der Waals surface area contributed by atoms with Crippen molar-refractivity contribution in [3.05, 3.63) is 0 Å². The number of hydrogen-bond acceptors (Lipinski definition) is 2. The van der Waals surface area contributed by atoms with Gasteiger partial charge >= 0.3 is 0 Å². The largest absolute Gasteiger partial charge is 0.393 e. The Morgan fingerprint density at radius 1 is 1.36 bits per heavy atom. The van der Waals surface area contributed by atoms with Gasteiger partial charge in [-0.3, -0.25) is 4.79 Å². The smallest absolute Gasteiger partial charge is 0.223 e. The first-order valence-corrected chi connectivity index (χ1v) is 5.45.